The Bertz CT molecular complexity index is 1410. The molecule has 2 atom stereocenters. The maximum atomic E-state index is 14.5. The number of pyridine rings is 2. The number of carbonyl (C=O) groups excluding carboxylic acids is 1. The van der Waals surface area contributed by atoms with E-state index in [0.717, 1.165) is 16.5 Å². The Balaban J connectivity index is 1.86. The number of hydrogen-bond acceptors (Lipinski definition) is 6. The zero-order valence-corrected chi connectivity index (χ0v) is 19.3. The van der Waals surface area contributed by atoms with Gasteiger partial charge in [0.1, 0.15) is 12.4 Å². The highest BCUT2D eigenvalue weighted by Crippen LogP contribution is 2.42. The highest BCUT2D eigenvalue weighted by atomic mass is 19.1. The van der Waals surface area contributed by atoms with Crippen LogP contribution in [0, 0.1) is 12.7 Å². The van der Waals surface area contributed by atoms with Gasteiger partial charge in [0.2, 0.25) is 0 Å². The van der Waals surface area contributed by atoms with Crippen LogP contribution in [0.25, 0.3) is 22.3 Å². The Hall–Kier alpha value is -3.10. The SMILES string of the molecule is CC[C@@]1(O)C(=O)OCc2c1cc1n(c2=O)Cc2c-1nc1cc(F)c(C)cc1c2[C@H](C)N(C)C. The average molecular weight is 451 g/mol. The molecular weight excluding hydrogens is 425 g/mol. The van der Waals surface area contributed by atoms with Gasteiger partial charge in [-0.15, -0.1) is 0 Å². The third kappa shape index (κ3) is 2.90. The fraction of sp³-hybridized carbons (Fsp3) is 0.400. The number of fused-ring (bicyclic) bond motifs is 5. The van der Waals surface area contributed by atoms with E-state index in [4.69, 9.17) is 9.72 Å². The first-order valence-corrected chi connectivity index (χ1v) is 11.0. The number of ether oxygens (including phenoxy) is 1. The van der Waals surface area contributed by atoms with Crippen molar-refractivity contribution in [1.82, 2.24) is 14.5 Å². The molecule has 0 amide bonds. The van der Waals surface area contributed by atoms with Crippen molar-refractivity contribution in [2.75, 3.05) is 14.1 Å². The molecule has 0 unspecified atom stereocenters. The van der Waals surface area contributed by atoms with Crippen LogP contribution in [-0.2, 0) is 28.3 Å². The van der Waals surface area contributed by atoms with Crippen LogP contribution in [0.2, 0.25) is 0 Å². The number of carbonyl (C=O) groups is 1. The lowest BCUT2D eigenvalue weighted by molar-refractivity contribution is -0.172. The van der Waals surface area contributed by atoms with Crippen LogP contribution in [0.5, 0.6) is 0 Å². The highest BCUT2D eigenvalue weighted by molar-refractivity contribution is 5.90. The van der Waals surface area contributed by atoms with Crippen molar-refractivity contribution in [2.24, 2.45) is 0 Å². The van der Waals surface area contributed by atoms with Crippen molar-refractivity contribution in [2.45, 2.75) is 52.0 Å². The summed E-state index contributed by atoms with van der Waals surface area (Å²) in [5.74, 6) is -1.10. The van der Waals surface area contributed by atoms with Gasteiger partial charge >= 0.3 is 5.97 Å². The second-order valence-corrected chi connectivity index (χ2v) is 9.21. The molecule has 2 aliphatic heterocycles. The summed E-state index contributed by atoms with van der Waals surface area (Å²) in [6, 6.07) is 4.90. The predicted octanol–water partition coefficient (Wildman–Crippen LogP) is 3.15. The zero-order valence-electron chi connectivity index (χ0n) is 19.3. The van der Waals surface area contributed by atoms with E-state index in [0.29, 0.717) is 29.0 Å². The minimum atomic E-state index is -1.88. The predicted molar refractivity (Wildman–Crippen MR) is 121 cm³/mol. The van der Waals surface area contributed by atoms with E-state index in [-0.39, 0.29) is 41.6 Å². The molecule has 3 aromatic rings. The van der Waals surface area contributed by atoms with Gasteiger partial charge in [-0.25, -0.2) is 14.2 Å². The van der Waals surface area contributed by atoms with E-state index in [1.54, 1.807) is 24.5 Å². The maximum absolute atomic E-state index is 14.5. The summed E-state index contributed by atoms with van der Waals surface area (Å²) < 4.78 is 21.2. The third-order valence-electron chi connectivity index (χ3n) is 7.20. The number of halogens is 1. The number of hydrogen-bond donors (Lipinski definition) is 1. The molecular formula is C25H26FN3O4. The van der Waals surface area contributed by atoms with Crippen LogP contribution in [0.3, 0.4) is 0 Å². The molecule has 1 N–H and O–H groups in total. The average Bonchev–Trinajstić information content (AvgIpc) is 3.14. The lowest BCUT2D eigenvalue weighted by Gasteiger charge is -2.31. The second kappa shape index (κ2) is 7.20. The number of cyclic esters (lactones) is 1. The summed E-state index contributed by atoms with van der Waals surface area (Å²) in [4.78, 5) is 32.7. The van der Waals surface area contributed by atoms with Crippen molar-refractivity contribution in [3.8, 4) is 11.4 Å². The molecule has 0 bridgehead atoms. The zero-order chi connectivity index (χ0) is 23.8. The van der Waals surface area contributed by atoms with Gasteiger partial charge in [-0.3, -0.25) is 4.79 Å². The molecule has 0 spiro atoms. The normalized spacial score (nSPS) is 19.9. The van der Waals surface area contributed by atoms with Crippen LogP contribution in [-0.4, -0.2) is 39.6 Å². The quantitative estimate of drug-likeness (QED) is 0.482. The molecule has 2 aliphatic rings. The lowest BCUT2D eigenvalue weighted by atomic mass is 9.86. The number of aryl methyl sites for hydroxylation is 1. The van der Waals surface area contributed by atoms with E-state index >= 15 is 0 Å². The van der Waals surface area contributed by atoms with E-state index in [1.807, 2.05) is 20.2 Å². The molecule has 2 aromatic heterocycles. The first-order chi connectivity index (χ1) is 15.6. The smallest absolute Gasteiger partial charge is 0.343 e. The van der Waals surface area contributed by atoms with Gasteiger partial charge in [-0.05, 0) is 57.6 Å². The van der Waals surface area contributed by atoms with Crippen molar-refractivity contribution < 1.29 is 19.0 Å². The molecule has 5 rings (SSSR count). The van der Waals surface area contributed by atoms with Crippen LogP contribution < -0.4 is 5.56 Å². The minimum absolute atomic E-state index is 0.0220. The van der Waals surface area contributed by atoms with Gasteiger partial charge in [-0.1, -0.05) is 6.92 Å². The minimum Gasteiger partial charge on any atom is -0.458 e. The van der Waals surface area contributed by atoms with Gasteiger partial charge in [0.05, 0.1) is 29.0 Å². The Morgan fingerprint density at radius 2 is 2.00 bits per heavy atom. The van der Waals surface area contributed by atoms with Crippen molar-refractivity contribution in [1.29, 1.82) is 0 Å². The molecule has 0 saturated heterocycles. The number of aromatic nitrogens is 2. The van der Waals surface area contributed by atoms with Crippen molar-refractivity contribution in [3.63, 3.8) is 0 Å². The Kier molecular flexibility index (Phi) is 4.74. The molecule has 33 heavy (non-hydrogen) atoms. The van der Waals surface area contributed by atoms with E-state index < -0.39 is 11.6 Å². The Morgan fingerprint density at radius 1 is 1.27 bits per heavy atom. The fourth-order valence-corrected chi connectivity index (χ4v) is 4.98. The highest BCUT2D eigenvalue weighted by Gasteiger charge is 2.45. The van der Waals surface area contributed by atoms with E-state index in [1.165, 1.54) is 6.07 Å². The van der Waals surface area contributed by atoms with Gasteiger partial charge in [0.15, 0.2) is 5.60 Å². The number of nitrogens with zero attached hydrogens (tertiary/aromatic N) is 3. The Morgan fingerprint density at radius 3 is 2.67 bits per heavy atom. The lowest BCUT2D eigenvalue weighted by Crippen LogP contribution is -2.44. The molecule has 0 aliphatic carbocycles. The standard InChI is InChI=1S/C25H26FN3O4/c1-6-25(32)17-8-20-22-15(10-29(20)23(30)16(17)11-33-24(25)31)21(13(3)28(4)5)14-7-12(2)18(26)9-19(14)27-22/h7-9,13,32H,6,10-11H2,1-5H3/t13-,25-/m0/s1. The monoisotopic (exact) mass is 451 g/mol. The van der Waals surface area contributed by atoms with E-state index in [9.17, 15) is 19.1 Å². The van der Waals surface area contributed by atoms with Gasteiger partial charge in [0.25, 0.3) is 5.56 Å². The maximum Gasteiger partial charge on any atom is 0.343 e. The molecule has 0 saturated carbocycles. The van der Waals surface area contributed by atoms with Crippen LogP contribution in [0.1, 0.15) is 54.1 Å². The summed E-state index contributed by atoms with van der Waals surface area (Å²) in [7, 11) is 3.94. The number of benzene rings is 1. The summed E-state index contributed by atoms with van der Waals surface area (Å²) in [6.45, 7) is 5.59. The molecule has 172 valence electrons. The third-order valence-corrected chi connectivity index (χ3v) is 7.20. The van der Waals surface area contributed by atoms with Gasteiger partial charge < -0.3 is 19.3 Å². The van der Waals surface area contributed by atoms with Gasteiger partial charge in [0, 0.05) is 28.6 Å². The summed E-state index contributed by atoms with van der Waals surface area (Å²) in [6.07, 6.45) is 0.0765. The molecule has 8 heteroatoms. The first-order valence-electron chi connectivity index (χ1n) is 11.0. The largest absolute Gasteiger partial charge is 0.458 e. The molecule has 4 heterocycles. The number of aliphatic hydroxyl groups is 1. The summed E-state index contributed by atoms with van der Waals surface area (Å²) >= 11 is 0. The van der Waals surface area contributed by atoms with Gasteiger partial charge in [-0.2, -0.15) is 0 Å². The second-order valence-electron chi connectivity index (χ2n) is 9.21. The van der Waals surface area contributed by atoms with Crippen molar-refractivity contribution in [3.05, 3.63) is 62.2 Å². The number of rotatable bonds is 3. The van der Waals surface area contributed by atoms with Crippen LogP contribution in [0.15, 0.2) is 23.0 Å². The first kappa shape index (κ1) is 21.7. The topological polar surface area (TPSA) is 84.7 Å². The van der Waals surface area contributed by atoms with Crippen LogP contribution in [0.4, 0.5) is 4.39 Å². The molecule has 1 aromatic carbocycles. The summed E-state index contributed by atoms with van der Waals surface area (Å²) in [5.41, 5.74) is 2.36. The molecule has 0 radical (unpaired) electrons. The summed E-state index contributed by atoms with van der Waals surface area (Å²) in [5, 5.41) is 11.9. The van der Waals surface area contributed by atoms with Crippen LogP contribution >= 0.6 is 0 Å². The Labute approximate surface area is 190 Å². The number of esters is 1. The molecule has 0 fully saturated rings. The van der Waals surface area contributed by atoms with E-state index in [2.05, 4.69) is 11.8 Å². The van der Waals surface area contributed by atoms with Crippen molar-refractivity contribution >= 4 is 16.9 Å². The molecule has 7 nitrogen and oxygen atoms in total. The fourth-order valence-electron chi connectivity index (χ4n) is 4.98.